The molecule has 0 unspecified atom stereocenters. The standard InChI is InChI=1S/C19H32N4O2/c1-25-15-18-14-23(21-20-18)13-17-8-10-22(11-9-17)19(24)12-16-6-4-2-3-5-7-16/h14,16-17H,2-13,15H2,1H3. The zero-order valence-electron chi connectivity index (χ0n) is 15.5. The monoisotopic (exact) mass is 348 g/mol. The lowest BCUT2D eigenvalue weighted by molar-refractivity contribution is -0.133. The highest BCUT2D eigenvalue weighted by molar-refractivity contribution is 5.76. The highest BCUT2D eigenvalue weighted by Crippen LogP contribution is 2.27. The smallest absolute Gasteiger partial charge is 0.222 e. The molecule has 6 heteroatoms. The maximum Gasteiger partial charge on any atom is 0.222 e. The summed E-state index contributed by atoms with van der Waals surface area (Å²) in [4.78, 5) is 14.7. The number of rotatable bonds is 6. The third kappa shape index (κ3) is 5.53. The van der Waals surface area contributed by atoms with Crippen molar-refractivity contribution in [1.29, 1.82) is 0 Å². The number of nitrogens with zero attached hydrogens (tertiary/aromatic N) is 4. The fourth-order valence-corrected chi connectivity index (χ4v) is 4.22. The van der Waals surface area contributed by atoms with Crippen molar-refractivity contribution in [3.63, 3.8) is 0 Å². The second-order valence-electron chi connectivity index (χ2n) is 7.75. The highest BCUT2D eigenvalue weighted by Gasteiger charge is 2.25. The van der Waals surface area contributed by atoms with Crippen LogP contribution >= 0.6 is 0 Å². The van der Waals surface area contributed by atoms with Crippen LogP contribution in [0.1, 0.15) is 63.5 Å². The highest BCUT2D eigenvalue weighted by atomic mass is 16.5. The van der Waals surface area contributed by atoms with Crippen LogP contribution in [-0.4, -0.2) is 46.0 Å². The molecular formula is C19H32N4O2. The third-order valence-electron chi connectivity index (χ3n) is 5.73. The summed E-state index contributed by atoms with van der Waals surface area (Å²) in [5, 5.41) is 8.29. The molecule has 25 heavy (non-hydrogen) atoms. The summed E-state index contributed by atoms with van der Waals surface area (Å²) in [5.74, 6) is 1.59. The van der Waals surface area contributed by atoms with Gasteiger partial charge in [0.2, 0.25) is 5.91 Å². The van der Waals surface area contributed by atoms with Gasteiger partial charge in [-0.3, -0.25) is 9.48 Å². The summed E-state index contributed by atoms with van der Waals surface area (Å²) < 4.78 is 7.00. The first-order chi connectivity index (χ1) is 12.2. The molecule has 3 rings (SSSR count). The van der Waals surface area contributed by atoms with Crippen LogP contribution in [0, 0.1) is 11.8 Å². The van der Waals surface area contributed by atoms with Gasteiger partial charge in [-0.25, -0.2) is 0 Å². The van der Waals surface area contributed by atoms with E-state index >= 15 is 0 Å². The third-order valence-corrected chi connectivity index (χ3v) is 5.73. The molecule has 0 spiro atoms. The minimum absolute atomic E-state index is 0.383. The van der Waals surface area contributed by atoms with Gasteiger partial charge in [-0.05, 0) is 37.5 Å². The first-order valence-corrected chi connectivity index (χ1v) is 9.90. The van der Waals surface area contributed by atoms with Crippen LogP contribution < -0.4 is 0 Å². The van der Waals surface area contributed by atoms with Crippen molar-refractivity contribution in [2.24, 2.45) is 11.8 Å². The Morgan fingerprint density at radius 2 is 1.84 bits per heavy atom. The van der Waals surface area contributed by atoms with Gasteiger partial charge in [-0.15, -0.1) is 5.10 Å². The van der Waals surface area contributed by atoms with Crippen LogP contribution in [0.25, 0.3) is 0 Å². The lowest BCUT2D eigenvalue weighted by Crippen LogP contribution is -2.40. The van der Waals surface area contributed by atoms with Crippen LogP contribution in [0.3, 0.4) is 0 Å². The normalized spacial score (nSPS) is 20.6. The summed E-state index contributed by atoms with van der Waals surface area (Å²) in [6.45, 7) is 3.20. The summed E-state index contributed by atoms with van der Waals surface area (Å²) in [5.41, 5.74) is 0.874. The number of hydrogen-bond donors (Lipinski definition) is 0. The molecule has 2 heterocycles. The van der Waals surface area contributed by atoms with E-state index in [-0.39, 0.29) is 0 Å². The van der Waals surface area contributed by atoms with E-state index in [1.54, 1.807) is 7.11 Å². The SMILES string of the molecule is COCc1cn(CC2CCN(C(=O)CC3CCCCCC3)CC2)nn1. The van der Waals surface area contributed by atoms with Gasteiger partial charge in [0.05, 0.1) is 12.8 Å². The number of amides is 1. The lowest BCUT2D eigenvalue weighted by Gasteiger charge is -2.32. The van der Waals surface area contributed by atoms with E-state index in [0.717, 1.165) is 44.6 Å². The molecule has 0 atom stereocenters. The van der Waals surface area contributed by atoms with Crippen LogP contribution in [-0.2, 0) is 22.7 Å². The van der Waals surface area contributed by atoms with Crippen LogP contribution in [0.4, 0.5) is 0 Å². The van der Waals surface area contributed by atoms with Gasteiger partial charge in [0.15, 0.2) is 0 Å². The molecule has 1 saturated carbocycles. The summed E-state index contributed by atoms with van der Waals surface area (Å²) in [6, 6.07) is 0. The summed E-state index contributed by atoms with van der Waals surface area (Å²) in [7, 11) is 1.67. The van der Waals surface area contributed by atoms with E-state index in [1.165, 1.54) is 38.5 Å². The maximum absolute atomic E-state index is 12.6. The largest absolute Gasteiger partial charge is 0.378 e. The van der Waals surface area contributed by atoms with E-state index in [2.05, 4.69) is 15.2 Å². The second kappa shape index (κ2) is 9.32. The molecule has 0 bridgehead atoms. The van der Waals surface area contributed by atoms with Gasteiger partial charge < -0.3 is 9.64 Å². The van der Waals surface area contributed by atoms with Crippen molar-refractivity contribution in [2.75, 3.05) is 20.2 Å². The molecule has 2 fully saturated rings. The molecule has 0 radical (unpaired) electrons. The summed E-state index contributed by atoms with van der Waals surface area (Å²) in [6.07, 6.45) is 12.7. The van der Waals surface area contributed by atoms with E-state index in [4.69, 9.17) is 4.74 Å². The molecular weight excluding hydrogens is 316 g/mol. The molecule has 1 aromatic heterocycles. The van der Waals surface area contributed by atoms with Crippen molar-refractivity contribution in [2.45, 2.75) is 70.9 Å². The molecule has 6 nitrogen and oxygen atoms in total. The summed E-state index contributed by atoms with van der Waals surface area (Å²) >= 11 is 0. The van der Waals surface area contributed by atoms with E-state index in [0.29, 0.717) is 24.3 Å². The Morgan fingerprint density at radius 3 is 2.52 bits per heavy atom. The van der Waals surface area contributed by atoms with Crippen LogP contribution in [0.2, 0.25) is 0 Å². The minimum Gasteiger partial charge on any atom is -0.378 e. The van der Waals surface area contributed by atoms with E-state index < -0.39 is 0 Å². The predicted octanol–water partition coefficient (Wildman–Crippen LogP) is 3.02. The Labute approximate surface area is 150 Å². The first kappa shape index (κ1) is 18.4. The number of likely N-dealkylation sites (tertiary alicyclic amines) is 1. The molecule has 1 amide bonds. The van der Waals surface area contributed by atoms with Gasteiger partial charge >= 0.3 is 0 Å². The number of piperidine rings is 1. The average molecular weight is 348 g/mol. The van der Waals surface area contributed by atoms with Crippen molar-refractivity contribution >= 4 is 5.91 Å². The Hall–Kier alpha value is -1.43. The number of ether oxygens (including phenoxy) is 1. The molecule has 1 aromatic rings. The molecule has 1 saturated heterocycles. The topological polar surface area (TPSA) is 60.2 Å². The number of carbonyl (C=O) groups is 1. The lowest BCUT2D eigenvalue weighted by atomic mass is 9.93. The maximum atomic E-state index is 12.6. The molecule has 0 N–H and O–H groups in total. The quantitative estimate of drug-likeness (QED) is 0.742. The number of methoxy groups -OCH3 is 1. The zero-order chi connectivity index (χ0) is 17.5. The first-order valence-electron chi connectivity index (χ1n) is 9.90. The van der Waals surface area contributed by atoms with Crippen molar-refractivity contribution in [1.82, 2.24) is 19.9 Å². The van der Waals surface area contributed by atoms with Crippen molar-refractivity contribution in [3.8, 4) is 0 Å². The van der Waals surface area contributed by atoms with Crippen molar-refractivity contribution < 1.29 is 9.53 Å². The van der Waals surface area contributed by atoms with Gasteiger partial charge in [0.1, 0.15) is 5.69 Å². The van der Waals surface area contributed by atoms with Crippen molar-refractivity contribution in [3.05, 3.63) is 11.9 Å². The predicted molar refractivity (Wildman–Crippen MR) is 95.8 cm³/mol. The second-order valence-corrected chi connectivity index (χ2v) is 7.75. The van der Waals surface area contributed by atoms with Gasteiger partial charge in [-0.2, -0.15) is 0 Å². The van der Waals surface area contributed by atoms with E-state index in [9.17, 15) is 4.79 Å². The van der Waals surface area contributed by atoms with Gasteiger partial charge in [-0.1, -0.05) is 30.9 Å². The van der Waals surface area contributed by atoms with Crippen LogP contribution in [0.15, 0.2) is 6.20 Å². The Kier molecular flexibility index (Phi) is 6.84. The van der Waals surface area contributed by atoms with Crippen LogP contribution in [0.5, 0.6) is 0 Å². The average Bonchev–Trinajstić information content (AvgIpc) is 2.89. The Balaban J connectivity index is 1.40. The molecule has 1 aliphatic heterocycles. The minimum atomic E-state index is 0.383. The molecule has 2 aliphatic rings. The fourth-order valence-electron chi connectivity index (χ4n) is 4.22. The molecule has 0 aromatic carbocycles. The fraction of sp³-hybridized carbons (Fsp3) is 0.842. The number of hydrogen-bond acceptors (Lipinski definition) is 4. The Morgan fingerprint density at radius 1 is 1.12 bits per heavy atom. The Bertz CT molecular complexity index is 529. The van der Waals surface area contributed by atoms with E-state index in [1.807, 2.05) is 10.9 Å². The van der Waals surface area contributed by atoms with Gasteiger partial charge in [0, 0.05) is 33.2 Å². The zero-order valence-corrected chi connectivity index (χ0v) is 15.5. The van der Waals surface area contributed by atoms with Gasteiger partial charge in [0.25, 0.3) is 0 Å². The number of carbonyl (C=O) groups excluding carboxylic acids is 1. The number of aromatic nitrogens is 3. The molecule has 140 valence electrons. The molecule has 1 aliphatic carbocycles.